The Labute approximate surface area is 148 Å². The molecular formula is C20H25NO2S. The van der Waals surface area contributed by atoms with Gasteiger partial charge in [-0.15, -0.1) is 11.3 Å². The van der Waals surface area contributed by atoms with E-state index in [0.717, 1.165) is 36.1 Å². The van der Waals surface area contributed by atoms with Crippen molar-refractivity contribution in [3.05, 3.63) is 41.5 Å². The largest absolute Gasteiger partial charge is 0.458 e. The van der Waals surface area contributed by atoms with Crippen LogP contribution in [0.4, 0.5) is 0 Å². The van der Waals surface area contributed by atoms with Crippen LogP contribution in [0, 0.1) is 5.41 Å². The van der Waals surface area contributed by atoms with Crippen molar-refractivity contribution in [1.29, 1.82) is 0 Å². The average Bonchev–Trinajstić information content (AvgIpc) is 3.12. The number of carbonyl (C=O) groups excluding carboxylic acids is 1. The zero-order valence-corrected chi connectivity index (χ0v) is 15.3. The van der Waals surface area contributed by atoms with Crippen LogP contribution in [0.25, 0.3) is 10.4 Å². The number of carbonyl (C=O) groups is 1. The lowest BCUT2D eigenvalue weighted by Crippen LogP contribution is -2.30. The van der Waals surface area contributed by atoms with E-state index in [1.54, 1.807) is 23.6 Å². The minimum absolute atomic E-state index is 0.0428. The Balaban J connectivity index is 1.56. The Hall–Kier alpha value is -1.68. The highest BCUT2D eigenvalue weighted by Gasteiger charge is 2.32. The van der Waals surface area contributed by atoms with Gasteiger partial charge >= 0.3 is 5.97 Å². The molecule has 0 unspecified atom stereocenters. The van der Waals surface area contributed by atoms with Gasteiger partial charge < -0.3 is 4.74 Å². The van der Waals surface area contributed by atoms with Crippen LogP contribution in [0.1, 0.15) is 62.9 Å². The minimum atomic E-state index is -0.295. The molecule has 2 heterocycles. The summed E-state index contributed by atoms with van der Waals surface area (Å²) in [7, 11) is 0. The molecule has 3 rings (SSSR count). The first-order valence-corrected chi connectivity index (χ1v) is 9.68. The van der Waals surface area contributed by atoms with Crippen LogP contribution >= 0.6 is 11.3 Å². The molecule has 0 N–H and O–H groups in total. The molecular weight excluding hydrogens is 318 g/mol. The first-order valence-electron chi connectivity index (χ1n) is 8.80. The molecule has 0 bridgehead atoms. The first kappa shape index (κ1) is 17.2. The topological polar surface area (TPSA) is 39.2 Å². The van der Waals surface area contributed by atoms with E-state index in [1.807, 2.05) is 17.5 Å². The predicted molar refractivity (Wildman–Crippen MR) is 98.2 cm³/mol. The number of hydrogen-bond donors (Lipinski definition) is 0. The van der Waals surface area contributed by atoms with E-state index in [2.05, 4.69) is 24.9 Å². The second-order valence-corrected chi connectivity index (χ2v) is 8.02. The van der Waals surface area contributed by atoms with Gasteiger partial charge in [-0.05, 0) is 61.1 Å². The number of ether oxygens (including phenoxy) is 1. The third-order valence-electron chi connectivity index (χ3n) is 5.05. The maximum Gasteiger partial charge on any atom is 0.357 e. The summed E-state index contributed by atoms with van der Waals surface area (Å²) in [4.78, 5) is 17.8. The van der Waals surface area contributed by atoms with Gasteiger partial charge in [-0.25, -0.2) is 9.78 Å². The van der Waals surface area contributed by atoms with Crippen LogP contribution in [-0.2, 0) is 4.74 Å². The molecule has 24 heavy (non-hydrogen) atoms. The Kier molecular flexibility index (Phi) is 5.34. The third kappa shape index (κ3) is 4.04. The van der Waals surface area contributed by atoms with E-state index >= 15 is 0 Å². The molecule has 0 atom stereocenters. The van der Waals surface area contributed by atoms with Crippen LogP contribution in [0.2, 0.25) is 0 Å². The number of hydrogen-bond acceptors (Lipinski definition) is 4. The molecule has 3 nitrogen and oxygen atoms in total. The maximum atomic E-state index is 12.3. The summed E-state index contributed by atoms with van der Waals surface area (Å²) < 4.78 is 5.68. The van der Waals surface area contributed by atoms with Gasteiger partial charge in [-0.3, -0.25) is 0 Å². The van der Waals surface area contributed by atoms with Crippen LogP contribution in [0.3, 0.4) is 0 Å². The van der Waals surface area contributed by atoms with E-state index in [4.69, 9.17) is 4.74 Å². The summed E-state index contributed by atoms with van der Waals surface area (Å²) in [5.41, 5.74) is 1.87. The fourth-order valence-electron chi connectivity index (χ4n) is 3.57. The van der Waals surface area contributed by atoms with Crippen LogP contribution in [-0.4, -0.2) is 17.1 Å². The summed E-state index contributed by atoms with van der Waals surface area (Å²) in [5, 5.41) is 2.03. The Morgan fingerprint density at radius 2 is 2.12 bits per heavy atom. The van der Waals surface area contributed by atoms with E-state index in [9.17, 15) is 4.79 Å². The standard InChI is InChI=1S/C20H25NO2S/c1-3-10-20(2)11-8-16(9-12-20)23-19(22)17-7-6-15(14-21-17)18-5-4-13-24-18/h4-7,13-14,16H,3,8-12H2,1-2H3. The van der Waals surface area contributed by atoms with Gasteiger partial charge in [0.05, 0.1) is 0 Å². The monoisotopic (exact) mass is 343 g/mol. The number of nitrogens with zero attached hydrogens (tertiary/aromatic N) is 1. The fourth-order valence-corrected chi connectivity index (χ4v) is 4.29. The smallest absolute Gasteiger partial charge is 0.357 e. The lowest BCUT2D eigenvalue weighted by Gasteiger charge is -2.36. The van der Waals surface area contributed by atoms with Gasteiger partial charge in [0, 0.05) is 16.6 Å². The van der Waals surface area contributed by atoms with Crippen molar-refractivity contribution in [3.63, 3.8) is 0 Å². The van der Waals surface area contributed by atoms with E-state index in [0.29, 0.717) is 11.1 Å². The van der Waals surface area contributed by atoms with Crippen molar-refractivity contribution in [1.82, 2.24) is 4.98 Å². The molecule has 0 aliphatic heterocycles. The van der Waals surface area contributed by atoms with E-state index in [1.165, 1.54) is 12.8 Å². The summed E-state index contributed by atoms with van der Waals surface area (Å²) in [6.07, 6.45) is 8.50. The summed E-state index contributed by atoms with van der Waals surface area (Å²) in [6.45, 7) is 4.60. The van der Waals surface area contributed by atoms with Crippen LogP contribution in [0.15, 0.2) is 35.8 Å². The second-order valence-electron chi connectivity index (χ2n) is 7.07. The zero-order valence-electron chi connectivity index (χ0n) is 14.5. The van der Waals surface area contributed by atoms with Crippen molar-refractivity contribution in [2.75, 3.05) is 0 Å². The van der Waals surface area contributed by atoms with Crippen molar-refractivity contribution in [2.45, 2.75) is 58.5 Å². The predicted octanol–water partition coefficient (Wildman–Crippen LogP) is 5.72. The molecule has 0 spiro atoms. The van der Waals surface area contributed by atoms with Crippen LogP contribution < -0.4 is 0 Å². The molecule has 1 aliphatic rings. The van der Waals surface area contributed by atoms with Crippen LogP contribution in [0.5, 0.6) is 0 Å². The van der Waals surface area contributed by atoms with Gasteiger partial charge in [0.15, 0.2) is 0 Å². The minimum Gasteiger partial charge on any atom is -0.458 e. The number of thiophene rings is 1. The number of pyridine rings is 1. The highest BCUT2D eigenvalue weighted by Crippen LogP contribution is 2.40. The summed E-state index contributed by atoms with van der Waals surface area (Å²) in [5.74, 6) is -0.295. The van der Waals surface area contributed by atoms with Gasteiger partial charge in [0.2, 0.25) is 0 Å². The molecule has 2 aromatic rings. The second kappa shape index (κ2) is 7.47. The molecule has 0 saturated heterocycles. The SMILES string of the molecule is CCCC1(C)CCC(OC(=O)c2ccc(-c3cccs3)cn2)CC1. The van der Waals surface area contributed by atoms with Crippen molar-refractivity contribution >= 4 is 17.3 Å². The lowest BCUT2D eigenvalue weighted by molar-refractivity contribution is 0.00546. The molecule has 0 amide bonds. The molecule has 4 heteroatoms. The number of esters is 1. The van der Waals surface area contributed by atoms with Crippen molar-refractivity contribution < 1.29 is 9.53 Å². The highest BCUT2D eigenvalue weighted by atomic mass is 32.1. The molecule has 1 aliphatic carbocycles. The molecule has 0 radical (unpaired) electrons. The fraction of sp³-hybridized carbons (Fsp3) is 0.500. The summed E-state index contributed by atoms with van der Waals surface area (Å²) in [6, 6.07) is 7.77. The molecule has 1 fully saturated rings. The number of aromatic nitrogens is 1. The first-order chi connectivity index (χ1) is 11.6. The Morgan fingerprint density at radius 1 is 1.33 bits per heavy atom. The van der Waals surface area contributed by atoms with E-state index < -0.39 is 0 Å². The normalized spacial score (nSPS) is 23.8. The van der Waals surface area contributed by atoms with Gasteiger partial charge in [-0.1, -0.05) is 26.3 Å². The molecule has 1 saturated carbocycles. The van der Waals surface area contributed by atoms with Gasteiger partial charge in [0.25, 0.3) is 0 Å². The summed E-state index contributed by atoms with van der Waals surface area (Å²) >= 11 is 1.67. The quantitative estimate of drug-likeness (QED) is 0.652. The van der Waals surface area contributed by atoms with Crippen molar-refractivity contribution in [2.24, 2.45) is 5.41 Å². The molecule has 0 aromatic carbocycles. The lowest BCUT2D eigenvalue weighted by atomic mass is 9.72. The maximum absolute atomic E-state index is 12.3. The Bertz CT molecular complexity index is 655. The van der Waals surface area contributed by atoms with Crippen molar-refractivity contribution in [3.8, 4) is 10.4 Å². The van der Waals surface area contributed by atoms with Gasteiger partial charge in [0.1, 0.15) is 11.8 Å². The number of rotatable bonds is 5. The van der Waals surface area contributed by atoms with Gasteiger partial charge in [-0.2, -0.15) is 0 Å². The zero-order chi connectivity index (χ0) is 17.0. The third-order valence-corrected chi connectivity index (χ3v) is 5.96. The molecule has 2 aromatic heterocycles. The molecule has 128 valence electrons. The van der Waals surface area contributed by atoms with E-state index in [-0.39, 0.29) is 12.1 Å². The highest BCUT2D eigenvalue weighted by molar-refractivity contribution is 7.13. The average molecular weight is 343 g/mol. The Morgan fingerprint density at radius 3 is 2.71 bits per heavy atom.